The van der Waals surface area contributed by atoms with E-state index in [2.05, 4.69) is 20.0 Å². The first-order valence-electron chi connectivity index (χ1n) is 13.7. The summed E-state index contributed by atoms with van der Waals surface area (Å²) in [4.78, 5) is 37.0. The lowest BCUT2D eigenvalue weighted by Crippen LogP contribution is -2.46. The first kappa shape index (κ1) is 28.7. The van der Waals surface area contributed by atoms with Crippen LogP contribution in [0.25, 0.3) is 21.7 Å². The number of hydrogen-bond acceptors (Lipinski definition) is 7. The summed E-state index contributed by atoms with van der Waals surface area (Å²) in [7, 11) is -4.21. The number of rotatable bonds is 10. The van der Waals surface area contributed by atoms with Gasteiger partial charge in [-0.15, -0.1) is 0 Å². The molecule has 214 valence electrons. The number of nitrogens with one attached hydrogen (secondary N) is 2. The minimum absolute atomic E-state index is 0.0329. The van der Waals surface area contributed by atoms with Gasteiger partial charge in [-0.2, -0.15) is 0 Å². The summed E-state index contributed by atoms with van der Waals surface area (Å²) in [5, 5.41) is 5.77. The van der Waals surface area contributed by atoms with Crippen molar-refractivity contribution in [1.29, 1.82) is 0 Å². The van der Waals surface area contributed by atoms with E-state index in [4.69, 9.17) is 0 Å². The number of aromatic nitrogens is 2. The van der Waals surface area contributed by atoms with Crippen molar-refractivity contribution in [1.82, 2.24) is 19.6 Å². The summed E-state index contributed by atoms with van der Waals surface area (Å²) in [6.45, 7) is 4.43. The van der Waals surface area contributed by atoms with Gasteiger partial charge in [0, 0.05) is 24.2 Å². The molecule has 5 aromatic rings. The Hall–Kier alpha value is -4.83. The fourth-order valence-electron chi connectivity index (χ4n) is 4.85. The molecule has 1 atom stereocenters. The second-order valence-corrected chi connectivity index (χ2v) is 11.5. The molecule has 10 heteroatoms. The van der Waals surface area contributed by atoms with Gasteiger partial charge >= 0.3 is 0 Å². The van der Waals surface area contributed by atoms with Crippen LogP contribution in [0.4, 0.5) is 11.5 Å². The average molecular weight is 582 g/mol. The summed E-state index contributed by atoms with van der Waals surface area (Å²) >= 11 is 0. The van der Waals surface area contributed by atoms with Crippen LogP contribution in [0.2, 0.25) is 0 Å². The number of hydrogen-bond donors (Lipinski definition) is 2. The maximum absolute atomic E-state index is 13.4. The lowest BCUT2D eigenvalue weighted by atomic mass is 9.97. The van der Waals surface area contributed by atoms with Crippen molar-refractivity contribution in [2.24, 2.45) is 5.92 Å². The molecule has 0 aliphatic rings. The molecule has 5 rings (SSSR count). The normalized spacial score (nSPS) is 12.1. The molecule has 0 aliphatic heterocycles. The van der Waals surface area contributed by atoms with E-state index in [9.17, 15) is 18.0 Å². The van der Waals surface area contributed by atoms with Crippen LogP contribution in [0.5, 0.6) is 0 Å². The minimum Gasteiger partial charge on any atom is -0.343 e. The van der Waals surface area contributed by atoms with E-state index < -0.39 is 27.8 Å². The number of fused-ring (bicyclic) bond motifs is 2. The summed E-state index contributed by atoms with van der Waals surface area (Å²) in [5.41, 5.74) is 2.28. The second kappa shape index (κ2) is 12.4. The third-order valence-electron chi connectivity index (χ3n) is 7.16. The number of sulfonamides is 1. The zero-order valence-corrected chi connectivity index (χ0v) is 24.1. The first-order valence-corrected chi connectivity index (χ1v) is 15.2. The van der Waals surface area contributed by atoms with Gasteiger partial charge in [0.25, 0.3) is 10.0 Å². The molecule has 1 heterocycles. The van der Waals surface area contributed by atoms with Gasteiger partial charge in [0.1, 0.15) is 18.1 Å². The molecular formula is C32H31N5O4S. The van der Waals surface area contributed by atoms with Crippen molar-refractivity contribution in [2.75, 3.05) is 18.4 Å². The third kappa shape index (κ3) is 6.23. The first-order chi connectivity index (χ1) is 20.3. The molecule has 2 amide bonds. The van der Waals surface area contributed by atoms with Crippen molar-refractivity contribution < 1.29 is 18.0 Å². The number of amides is 2. The summed E-state index contributed by atoms with van der Waals surface area (Å²) in [6, 6.07) is 26.9. The molecule has 0 spiro atoms. The van der Waals surface area contributed by atoms with Crippen LogP contribution in [0.3, 0.4) is 0 Å². The van der Waals surface area contributed by atoms with Crippen LogP contribution in [0, 0.1) is 5.92 Å². The van der Waals surface area contributed by atoms with E-state index in [1.807, 2.05) is 68.4 Å². The maximum atomic E-state index is 13.4. The van der Waals surface area contributed by atoms with E-state index in [-0.39, 0.29) is 11.3 Å². The number of carbonyl (C=O) groups is 2. The van der Waals surface area contributed by atoms with E-state index in [0.29, 0.717) is 24.5 Å². The Morgan fingerprint density at radius 3 is 2.26 bits per heavy atom. The SMILES string of the molecule is CCN(CC)C(=O)C(Cc1ccc(Nc2ncnc3ccccc23)cc1)C(=O)NS(=O)(=O)c1ccc2ccccc2c1. The number of carbonyl (C=O) groups excluding carboxylic acids is 2. The average Bonchev–Trinajstić information content (AvgIpc) is 3.01. The maximum Gasteiger partial charge on any atom is 0.264 e. The molecule has 0 saturated heterocycles. The number of benzene rings is 4. The zero-order chi connectivity index (χ0) is 29.7. The highest BCUT2D eigenvalue weighted by Crippen LogP contribution is 2.24. The number of para-hydroxylation sites is 1. The molecule has 0 bridgehead atoms. The molecule has 42 heavy (non-hydrogen) atoms. The van der Waals surface area contributed by atoms with Gasteiger partial charge in [0.05, 0.1) is 10.4 Å². The Bertz CT molecular complexity index is 1850. The van der Waals surface area contributed by atoms with Gasteiger partial charge in [0.15, 0.2) is 0 Å². The lowest BCUT2D eigenvalue weighted by molar-refractivity contribution is -0.141. The van der Waals surface area contributed by atoms with Crippen LogP contribution in [-0.2, 0) is 26.0 Å². The molecule has 1 aromatic heterocycles. The van der Waals surface area contributed by atoms with E-state index in [1.165, 1.54) is 23.4 Å². The summed E-state index contributed by atoms with van der Waals surface area (Å²) < 4.78 is 28.6. The van der Waals surface area contributed by atoms with Crippen molar-refractivity contribution in [3.63, 3.8) is 0 Å². The molecule has 2 N–H and O–H groups in total. The third-order valence-corrected chi connectivity index (χ3v) is 8.50. The van der Waals surface area contributed by atoms with Crippen LogP contribution in [0.1, 0.15) is 19.4 Å². The minimum atomic E-state index is -4.21. The van der Waals surface area contributed by atoms with E-state index >= 15 is 0 Å². The Morgan fingerprint density at radius 1 is 0.833 bits per heavy atom. The highest BCUT2D eigenvalue weighted by molar-refractivity contribution is 7.90. The standard InChI is InChI=1S/C32H31N5O4S/c1-3-37(4-2)32(39)28(31(38)36-42(40,41)26-18-15-23-9-5-6-10-24(23)20-26)19-22-13-16-25(17-14-22)35-30-27-11-7-8-12-29(27)33-21-34-30/h5-18,20-21,28H,3-4,19H2,1-2H3,(H,36,38)(H,33,34,35). The highest BCUT2D eigenvalue weighted by atomic mass is 32.2. The van der Waals surface area contributed by atoms with Gasteiger partial charge in [-0.05, 0) is 73.0 Å². The largest absolute Gasteiger partial charge is 0.343 e. The van der Waals surface area contributed by atoms with Crippen LogP contribution in [0.15, 0.2) is 102 Å². The van der Waals surface area contributed by atoms with Gasteiger partial charge in [-0.25, -0.2) is 23.1 Å². The topological polar surface area (TPSA) is 121 Å². The molecule has 0 saturated carbocycles. The van der Waals surface area contributed by atoms with Gasteiger partial charge < -0.3 is 10.2 Å². The Kier molecular flexibility index (Phi) is 8.44. The quantitative estimate of drug-likeness (QED) is 0.221. The van der Waals surface area contributed by atoms with Gasteiger partial charge in [0.2, 0.25) is 11.8 Å². The fourth-order valence-corrected chi connectivity index (χ4v) is 5.90. The van der Waals surface area contributed by atoms with E-state index in [1.54, 1.807) is 24.3 Å². The van der Waals surface area contributed by atoms with Gasteiger partial charge in [-0.1, -0.05) is 54.6 Å². The summed E-state index contributed by atoms with van der Waals surface area (Å²) in [6.07, 6.45) is 1.53. The summed E-state index contributed by atoms with van der Waals surface area (Å²) in [5.74, 6) is -1.87. The molecule has 1 unspecified atom stereocenters. The highest BCUT2D eigenvalue weighted by Gasteiger charge is 2.33. The second-order valence-electron chi connectivity index (χ2n) is 9.81. The lowest BCUT2D eigenvalue weighted by Gasteiger charge is -2.25. The predicted molar refractivity (Wildman–Crippen MR) is 164 cm³/mol. The molecule has 4 aromatic carbocycles. The zero-order valence-electron chi connectivity index (χ0n) is 23.3. The van der Waals surface area contributed by atoms with Crippen molar-refractivity contribution >= 4 is 55.0 Å². The van der Waals surface area contributed by atoms with E-state index in [0.717, 1.165) is 27.4 Å². The van der Waals surface area contributed by atoms with Crippen LogP contribution < -0.4 is 10.0 Å². The number of nitrogens with zero attached hydrogens (tertiary/aromatic N) is 3. The molecule has 9 nitrogen and oxygen atoms in total. The predicted octanol–water partition coefficient (Wildman–Crippen LogP) is 5.06. The van der Waals surface area contributed by atoms with Gasteiger partial charge in [-0.3, -0.25) is 9.59 Å². The smallest absolute Gasteiger partial charge is 0.264 e. The number of anilines is 2. The van der Waals surface area contributed by atoms with Crippen molar-refractivity contribution in [2.45, 2.75) is 25.2 Å². The van der Waals surface area contributed by atoms with Crippen LogP contribution >= 0.6 is 0 Å². The van der Waals surface area contributed by atoms with Crippen molar-refractivity contribution in [3.05, 3.63) is 103 Å². The Labute approximate surface area is 244 Å². The Morgan fingerprint density at radius 2 is 1.52 bits per heavy atom. The molecule has 0 aliphatic carbocycles. The monoisotopic (exact) mass is 581 g/mol. The molecule has 0 radical (unpaired) electrons. The molecular weight excluding hydrogens is 550 g/mol. The Balaban J connectivity index is 1.37. The van der Waals surface area contributed by atoms with Crippen molar-refractivity contribution in [3.8, 4) is 0 Å². The molecule has 0 fully saturated rings. The van der Waals surface area contributed by atoms with Crippen LogP contribution in [-0.4, -0.2) is 48.2 Å². The fraction of sp³-hybridized carbons (Fsp3) is 0.188.